The van der Waals surface area contributed by atoms with Gasteiger partial charge in [-0.2, -0.15) is 0 Å². The molecule has 0 unspecified atom stereocenters. The van der Waals surface area contributed by atoms with Crippen LogP contribution >= 0.6 is 0 Å². The molecule has 0 bridgehead atoms. The van der Waals surface area contributed by atoms with Crippen LogP contribution in [0.2, 0.25) is 0 Å². The normalized spacial score (nSPS) is 24.2. The van der Waals surface area contributed by atoms with Gasteiger partial charge in [-0.05, 0) is 35.2 Å². The highest BCUT2D eigenvalue weighted by Gasteiger charge is 2.39. The van der Waals surface area contributed by atoms with Crippen molar-refractivity contribution >= 4 is 5.91 Å². The van der Waals surface area contributed by atoms with Crippen LogP contribution < -0.4 is 5.32 Å². The van der Waals surface area contributed by atoms with E-state index >= 15 is 0 Å². The summed E-state index contributed by atoms with van der Waals surface area (Å²) in [6.45, 7) is 1.61. The second-order valence-electron chi connectivity index (χ2n) is 7.37. The molecule has 2 aliphatic heterocycles. The molecule has 0 saturated carbocycles. The minimum atomic E-state index is -0.496. The molecule has 0 aliphatic carbocycles. The van der Waals surface area contributed by atoms with Gasteiger partial charge in [0.25, 0.3) is 5.91 Å². The Hall–Kier alpha value is -2.28. The largest absolute Gasteiger partial charge is 0.395 e. The molecule has 1 amide bonds. The Morgan fingerprint density at radius 3 is 2.79 bits per heavy atom. The van der Waals surface area contributed by atoms with Crippen molar-refractivity contribution in [3.63, 3.8) is 0 Å². The first-order chi connectivity index (χ1) is 13.7. The number of halogens is 1. The fourth-order valence-corrected chi connectivity index (χ4v) is 4.20. The van der Waals surface area contributed by atoms with Crippen LogP contribution in [0, 0.1) is 5.82 Å². The third-order valence-electron chi connectivity index (χ3n) is 5.57. The zero-order chi connectivity index (χ0) is 19.5. The van der Waals surface area contributed by atoms with Crippen molar-refractivity contribution in [1.29, 1.82) is 0 Å². The molecule has 0 aromatic heterocycles. The summed E-state index contributed by atoms with van der Waals surface area (Å²) >= 11 is 0. The zero-order valence-electron chi connectivity index (χ0n) is 15.7. The summed E-state index contributed by atoms with van der Waals surface area (Å²) < 4.78 is 19.2. The number of hydrogen-bond donors (Lipinski definition) is 2. The molecule has 28 heavy (non-hydrogen) atoms. The lowest BCUT2D eigenvalue weighted by Gasteiger charge is -2.39. The van der Waals surface area contributed by atoms with Gasteiger partial charge in [0.2, 0.25) is 0 Å². The molecule has 1 saturated heterocycles. The predicted octanol–water partition coefficient (Wildman–Crippen LogP) is 2.04. The van der Waals surface area contributed by atoms with E-state index in [0.29, 0.717) is 26.1 Å². The van der Waals surface area contributed by atoms with Gasteiger partial charge in [0.1, 0.15) is 11.9 Å². The third-order valence-corrected chi connectivity index (χ3v) is 5.57. The van der Waals surface area contributed by atoms with E-state index in [4.69, 9.17) is 9.84 Å². The maximum atomic E-state index is 13.5. The molecule has 0 radical (unpaired) electrons. The predicted molar refractivity (Wildman–Crippen MR) is 103 cm³/mol. The number of rotatable bonds is 5. The van der Waals surface area contributed by atoms with E-state index < -0.39 is 6.10 Å². The van der Waals surface area contributed by atoms with Gasteiger partial charge in [0.05, 0.1) is 19.3 Å². The van der Waals surface area contributed by atoms with Gasteiger partial charge in [-0.25, -0.2) is 4.39 Å². The van der Waals surface area contributed by atoms with Gasteiger partial charge in [0.15, 0.2) is 0 Å². The van der Waals surface area contributed by atoms with Crippen LogP contribution in [0.1, 0.15) is 29.2 Å². The molecule has 3 atom stereocenters. The average Bonchev–Trinajstić information content (AvgIpc) is 3.20. The van der Waals surface area contributed by atoms with Crippen LogP contribution in [0.5, 0.6) is 0 Å². The van der Waals surface area contributed by atoms with Crippen molar-refractivity contribution < 1.29 is 19.0 Å². The molecule has 4 rings (SSSR count). The van der Waals surface area contributed by atoms with Crippen LogP contribution in [0.15, 0.2) is 48.5 Å². The number of benzene rings is 2. The second kappa shape index (κ2) is 8.39. The maximum Gasteiger partial charge on any atom is 0.252 e. The second-order valence-corrected chi connectivity index (χ2v) is 7.37. The highest BCUT2D eigenvalue weighted by molar-refractivity contribution is 5.82. The first-order valence-electron chi connectivity index (χ1n) is 9.77. The number of carbonyl (C=O) groups excluding carboxylic acids is 1. The van der Waals surface area contributed by atoms with Crippen molar-refractivity contribution in [3.8, 4) is 0 Å². The molecule has 2 aromatic rings. The van der Waals surface area contributed by atoms with Crippen molar-refractivity contribution in [2.75, 3.05) is 26.3 Å². The summed E-state index contributed by atoms with van der Waals surface area (Å²) in [6, 6.07) is 14.3. The lowest BCUT2D eigenvalue weighted by atomic mass is 9.87. The minimum absolute atomic E-state index is 0.0304. The van der Waals surface area contributed by atoms with E-state index in [1.54, 1.807) is 12.1 Å². The number of amides is 1. The lowest BCUT2D eigenvalue weighted by molar-refractivity contribution is -0.143. The van der Waals surface area contributed by atoms with Gasteiger partial charge >= 0.3 is 0 Å². The van der Waals surface area contributed by atoms with E-state index in [1.165, 1.54) is 17.7 Å². The number of carbonyl (C=O) groups is 1. The Kier molecular flexibility index (Phi) is 5.71. The summed E-state index contributed by atoms with van der Waals surface area (Å²) in [5.74, 6) is -0.320. The number of fused-ring (bicyclic) bond motifs is 1. The topological polar surface area (TPSA) is 61.8 Å². The number of aliphatic hydroxyl groups is 1. The number of aliphatic hydroxyl groups excluding tert-OH is 1. The first-order valence-corrected chi connectivity index (χ1v) is 9.77. The van der Waals surface area contributed by atoms with Crippen molar-refractivity contribution in [2.24, 2.45) is 0 Å². The average molecular weight is 384 g/mol. The van der Waals surface area contributed by atoms with E-state index in [1.807, 2.05) is 23.1 Å². The van der Waals surface area contributed by atoms with Crippen LogP contribution in [0.4, 0.5) is 4.39 Å². The molecule has 2 aromatic carbocycles. The Labute approximate surface area is 164 Å². The molecule has 0 spiro atoms. The Bertz CT molecular complexity index is 827. The standard InChI is InChI=1S/C22H25FN2O3/c23-17-7-5-16(6-8-17)21-19-4-2-1-3-15(19)9-11-25(21)22(27)20-13-18(14-28-20)24-10-12-26/h1-8,18,20-21,24,26H,9-14H2/t18-,20+,21+/m1/s1. The number of ether oxygens (including phenoxy) is 1. The van der Waals surface area contributed by atoms with Gasteiger partial charge in [-0.1, -0.05) is 36.4 Å². The molecule has 2 heterocycles. The van der Waals surface area contributed by atoms with Gasteiger partial charge < -0.3 is 20.1 Å². The maximum absolute atomic E-state index is 13.5. The molecular formula is C22H25FN2O3. The summed E-state index contributed by atoms with van der Waals surface area (Å²) in [7, 11) is 0. The minimum Gasteiger partial charge on any atom is -0.395 e. The Morgan fingerprint density at radius 2 is 2.00 bits per heavy atom. The highest BCUT2D eigenvalue weighted by Crippen LogP contribution is 2.36. The molecule has 2 aliphatic rings. The monoisotopic (exact) mass is 384 g/mol. The van der Waals surface area contributed by atoms with Crippen LogP contribution in [0.3, 0.4) is 0 Å². The number of nitrogens with one attached hydrogen (secondary N) is 1. The van der Waals surface area contributed by atoms with Crippen molar-refractivity contribution in [2.45, 2.75) is 31.0 Å². The number of nitrogens with zero attached hydrogens (tertiary/aromatic N) is 1. The van der Waals surface area contributed by atoms with E-state index in [2.05, 4.69) is 11.4 Å². The molecule has 1 fully saturated rings. The molecule has 5 nitrogen and oxygen atoms in total. The molecule has 6 heteroatoms. The highest BCUT2D eigenvalue weighted by atomic mass is 19.1. The lowest BCUT2D eigenvalue weighted by Crippen LogP contribution is -2.45. The van der Waals surface area contributed by atoms with Crippen LogP contribution in [-0.2, 0) is 16.0 Å². The molecular weight excluding hydrogens is 359 g/mol. The van der Waals surface area contributed by atoms with Gasteiger partial charge in [0, 0.05) is 25.6 Å². The summed E-state index contributed by atoms with van der Waals surface area (Å²) in [5, 5.41) is 12.2. The smallest absolute Gasteiger partial charge is 0.252 e. The van der Waals surface area contributed by atoms with Crippen LogP contribution in [0.25, 0.3) is 0 Å². The third kappa shape index (κ3) is 3.81. The van der Waals surface area contributed by atoms with Gasteiger partial charge in [-0.3, -0.25) is 4.79 Å². The Balaban J connectivity index is 1.60. The van der Waals surface area contributed by atoms with Crippen LogP contribution in [-0.4, -0.2) is 54.4 Å². The van der Waals surface area contributed by atoms with E-state index in [-0.39, 0.29) is 30.4 Å². The molecule has 2 N–H and O–H groups in total. The SMILES string of the molecule is O=C([C@@H]1C[C@@H](NCCO)CO1)N1CCc2ccccc2[C@@H]1c1ccc(F)cc1. The van der Waals surface area contributed by atoms with E-state index in [0.717, 1.165) is 17.5 Å². The van der Waals surface area contributed by atoms with Crippen molar-refractivity contribution in [1.82, 2.24) is 10.2 Å². The summed E-state index contributed by atoms with van der Waals surface area (Å²) in [5.41, 5.74) is 3.20. The molecule has 148 valence electrons. The summed E-state index contributed by atoms with van der Waals surface area (Å²) in [4.78, 5) is 15.2. The first kappa shape index (κ1) is 19.1. The fraction of sp³-hybridized carbons (Fsp3) is 0.409. The number of hydrogen-bond acceptors (Lipinski definition) is 4. The summed E-state index contributed by atoms with van der Waals surface area (Å²) in [6.07, 6.45) is 0.885. The quantitative estimate of drug-likeness (QED) is 0.828. The van der Waals surface area contributed by atoms with Crippen molar-refractivity contribution in [3.05, 3.63) is 71.0 Å². The Morgan fingerprint density at radius 1 is 1.21 bits per heavy atom. The van der Waals surface area contributed by atoms with Gasteiger partial charge in [-0.15, -0.1) is 0 Å². The zero-order valence-corrected chi connectivity index (χ0v) is 15.7. The van der Waals surface area contributed by atoms with E-state index in [9.17, 15) is 9.18 Å². The fourth-order valence-electron chi connectivity index (χ4n) is 4.20.